The van der Waals surface area contributed by atoms with Crippen molar-refractivity contribution < 1.29 is 0 Å². The molecule has 19 heavy (non-hydrogen) atoms. The zero-order valence-electron chi connectivity index (χ0n) is 10.4. The van der Waals surface area contributed by atoms with Crippen molar-refractivity contribution in [1.82, 2.24) is 10.3 Å². The predicted molar refractivity (Wildman–Crippen MR) is 81.6 cm³/mol. The second kappa shape index (κ2) is 5.23. The third kappa shape index (κ3) is 2.55. The molecule has 0 amide bonds. The lowest BCUT2D eigenvalue weighted by Crippen LogP contribution is -2.58. The number of hydrogen-bond acceptors (Lipinski definition) is 2. The van der Waals surface area contributed by atoms with E-state index in [0.717, 1.165) is 29.0 Å². The van der Waals surface area contributed by atoms with E-state index in [2.05, 4.69) is 44.4 Å². The van der Waals surface area contributed by atoms with Crippen LogP contribution in [0.2, 0.25) is 5.02 Å². The van der Waals surface area contributed by atoms with Gasteiger partial charge in [-0.25, -0.2) is 0 Å². The molecule has 2 heterocycles. The highest BCUT2D eigenvalue weighted by molar-refractivity contribution is 9.10. The van der Waals surface area contributed by atoms with Crippen molar-refractivity contribution in [2.75, 3.05) is 13.1 Å². The topological polar surface area (TPSA) is 24.9 Å². The zero-order chi connectivity index (χ0) is 13.3. The Bertz CT molecular complexity index is 596. The average Bonchev–Trinajstić information content (AvgIpc) is 2.35. The Labute approximate surface area is 126 Å². The minimum Gasteiger partial charge on any atom is -0.315 e. The summed E-state index contributed by atoms with van der Waals surface area (Å²) in [5.41, 5.74) is 2.56. The van der Waals surface area contributed by atoms with E-state index in [1.54, 1.807) is 0 Å². The Morgan fingerprint density at radius 1 is 1.26 bits per heavy atom. The van der Waals surface area contributed by atoms with Crippen LogP contribution in [0.5, 0.6) is 0 Å². The number of nitrogens with one attached hydrogen (secondary N) is 1. The molecule has 0 saturated carbocycles. The number of halogens is 2. The van der Waals surface area contributed by atoms with E-state index in [-0.39, 0.29) is 5.41 Å². The molecule has 2 nitrogen and oxygen atoms in total. The van der Waals surface area contributed by atoms with Gasteiger partial charge in [-0.2, -0.15) is 0 Å². The van der Waals surface area contributed by atoms with Gasteiger partial charge in [0, 0.05) is 40.4 Å². The average molecular weight is 338 g/mol. The molecule has 1 fully saturated rings. The van der Waals surface area contributed by atoms with E-state index in [1.807, 2.05) is 24.5 Å². The van der Waals surface area contributed by atoms with Gasteiger partial charge in [0.15, 0.2) is 0 Å². The summed E-state index contributed by atoms with van der Waals surface area (Å²) in [6, 6.07) is 10.3. The van der Waals surface area contributed by atoms with Crippen LogP contribution in [0.3, 0.4) is 0 Å². The van der Waals surface area contributed by atoms with Crippen molar-refractivity contribution in [2.45, 2.75) is 11.8 Å². The first kappa shape index (κ1) is 13.1. The van der Waals surface area contributed by atoms with Crippen LogP contribution in [0.4, 0.5) is 0 Å². The lowest BCUT2D eigenvalue weighted by molar-refractivity contribution is 0.274. The maximum atomic E-state index is 6.37. The van der Waals surface area contributed by atoms with Gasteiger partial charge >= 0.3 is 0 Å². The largest absolute Gasteiger partial charge is 0.315 e. The van der Waals surface area contributed by atoms with E-state index < -0.39 is 0 Å². The van der Waals surface area contributed by atoms with Gasteiger partial charge in [0.05, 0.1) is 0 Å². The minimum atomic E-state index is 0.0980. The Balaban J connectivity index is 1.94. The van der Waals surface area contributed by atoms with Gasteiger partial charge in [0.25, 0.3) is 0 Å². The molecular weight excluding hydrogens is 324 g/mol. The van der Waals surface area contributed by atoms with Crippen molar-refractivity contribution in [3.63, 3.8) is 0 Å². The molecule has 0 bridgehead atoms. The lowest BCUT2D eigenvalue weighted by atomic mass is 9.71. The summed E-state index contributed by atoms with van der Waals surface area (Å²) in [6.07, 6.45) is 4.70. The van der Waals surface area contributed by atoms with Gasteiger partial charge in [-0.05, 0) is 45.6 Å². The number of nitrogens with zero attached hydrogens (tertiary/aromatic N) is 1. The highest BCUT2D eigenvalue weighted by atomic mass is 79.9. The van der Waals surface area contributed by atoms with Crippen molar-refractivity contribution in [3.8, 4) is 0 Å². The Morgan fingerprint density at radius 3 is 2.68 bits per heavy atom. The molecule has 0 spiro atoms. The summed E-state index contributed by atoms with van der Waals surface area (Å²) in [5, 5.41) is 4.23. The molecule has 0 aliphatic carbocycles. The van der Waals surface area contributed by atoms with Gasteiger partial charge in [-0.15, -0.1) is 0 Å². The van der Waals surface area contributed by atoms with Crippen LogP contribution in [0.15, 0.2) is 47.2 Å². The standard InChI is InChI=1S/C15H14BrClN2/c16-12-5-11(7-18-8-12)6-15(9-19-10-15)13-3-1-2-4-14(13)17/h1-5,7-8,19H,6,9-10H2. The number of benzene rings is 1. The molecule has 98 valence electrons. The van der Waals surface area contributed by atoms with Gasteiger partial charge in [-0.3, -0.25) is 4.98 Å². The van der Waals surface area contributed by atoms with Crippen molar-refractivity contribution in [1.29, 1.82) is 0 Å². The van der Waals surface area contributed by atoms with Crippen LogP contribution in [-0.4, -0.2) is 18.1 Å². The molecule has 1 N–H and O–H groups in total. The molecular formula is C15H14BrClN2. The summed E-state index contributed by atoms with van der Waals surface area (Å²) in [5.74, 6) is 0. The highest BCUT2D eigenvalue weighted by Gasteiger charge is 2.40. The summed E-state index contributed by atoms with van der Waals surface area (Å²) < 4.78 is 1.02. The number of hydrogen-bond donors (Lipinski definition) is 1. The fourth-order valence-corrected chi connectivity index (χ4v) is 3.42. The fraction of sp³-hybridized carbons (Fsp3) is 0.267. The van der Waals surface area contributed by atoms with E-state index in [9.17, 15) is 0 Å². The van der Waals surface area contributed by atoms with Crippen LogP contribution < -0.4 is 5.32 Å². The lowest BCUT2D eigenvalue weighted by Gasteiger charge is -2.44. The first-order valence-corrected chi connectivity index (χ1v) is 7.42. The molecule has 4 heteroatoms. The number of pyridine rings is 1. The van der Waals surface area contributed by atoms with Crippen LogP contribution >= 0.6 is 27.5 Å². The normalized spacial score (nSPS) is 16.9. The summed E-state index contributed by atoms with van der Waals surface area (Å²) in [6.45, 7) is 1.92. The summed E-state index contributed by atoms with van der Waals surface area (Å²) >= 11 is 9.84. The Hall–Kier alpha value is -0.900. The molecule has 2 aromatic rings. The molecule has 0 atom stereocenters. The molecule has 1 aliphatic heterocycles. The van der Waals surface area contributed by atoms with Gasteiger partial charge in [-0.1, -0.05) is 29.8 Å². The van der Waals surface area contributed by atoms with Crippen molar-refractivity contribution in [2.24, 2.45) is 0 Å². The maximum absolute atomic E-state index is 6.37. The van der Waals surface area contributed by atoms with E-state index in [4.69, 9.17) is 11.6 Å². The van der Waals surface area contributed by atoms with Crippen LogP contribution in [0.25, 0.3) is 0 Å². The number of rotatable bonds is 3. The Kier molecular flexibility index (Phi) is 3.61. The van der Waals surface area contributed by atoms with Crippen LogP contribution in [-0.2, 0) is 11.8 Å². The van der Waals surface area contributed by atoms with Crippen molar-refractivity contribution >= 4 is 27.5 Å². The van der Waals surface area contributed by atoms with Gasteiger partial charge in [0.1, 0.15) is 0 Å². The van der Waals surface area contributed by atoms with E-state index in [0.29, 0.717) is 0 Å². The second-order valence-electron chi connectivity index (χ2n) is 5.05. The summed E-state index contributed by atoms with van der Waals surface area (Å²) in [4.78, 5) is 4.24. The first-order chi connectivity index (χ1) is 9.20. The minimum absolute atomic E-state index is 0.0980. The predicted octanol–water partition coefficient (Wildman–Crippen LogP) is 3.58. The highest BCUT2D eigenvalue weighted by Crippen LogP contribution is 2.36. The maximum Gasteiger partial charge on any atom is 0.0444 e. The molecule has 0 unspecified atom stereocenters. The van der Waals surface area contributed by atoms with E-state index in [1.165, 1.54) is 11.1 Å². The fourth-order valence-electron chi connectivity index (χ4n) is 2.67. The first-order valence-electron chi connectivity index (χ1n) is 6.25. The quantitative estimate of drug-likeness (QED) is 0.926. The van der Waals surface area contributed by atoms with Crippen LogP contribution in [0, 0.1) is 0 Å². The summed E-state index contributed by atoms with van der Waals surface area (Å²) in [7, 11) is 0. The molecule has 3 rings (SSSR count). The smallest absolute Gasteiger partial charge is 0.0444 e. The van der Waals surface area contributed by atoms with Crippen molar-refractivity contribution in [3.05, 3.63) is 63.3 Å². The second-order valence-corrected chi connectivity index (χ2v) is 6.37. The third-order valence-electron chi connectivity index (χ3n) is 3.68. The molecule has 1 aliphatic rings. The Morgan fingerprint density at radius 2 is 2.05 bits per heavy atom. The van der Waals surface area contributed by atoms with Crippen LogP contribution in [0.1, 0.15) is 11.1 Å². The molecule has 1 aromatic carbocycles. The van der Waals surface area contributed by atoms with Gasteiger partial charge < -0.3 is 5.32 Å². The zero-order valence-corrected chi connectivity index (χ0v) is 12.7. The van der Waals surface area contributed by atoms with E-state index >= 15 is 0 Å². The third-order valence-corrected chi connectivity index (χ3v) is 4.44. The molecule has 0 radical (unpaired) electrons. The molecule has 1 aromatic heterocycles. The molecule has 1 saturated heterocycles. The monoisotopic (exact) mass is 336 g/mol. The SMILES string of the molecule is Clc1ccccc1C1(Cc2cncc(Br)c2)CNC1. The van der Waals surface area contributed by atoms with Gasteiger partial charge in [0.2, 0.25) is 0 Å². The number of aromatic nitrogens is 1.